The third kappa shape index (κ3) is 2.89. The smallest absolute Gasteiger partial charge is 0.149 e. The van der Waals surface area contributed by atoms with Crippen LogP contribution in [-0.4, -0.2) is 16.1 Å². The standard InChI is InChI=1S/C15H17BrN2O/c1-10-3-2-4-12(7-10)19-14-5-6-17-13-8-11(16)9-18-15(13)14/h5-6,8-10,12H,2-4,7H2,1H3. The molecule has 0 aliphatic heterocycles. The van der Waals surface area contributed by atoms with Crippen molar-refractivity contribution in [3.8, 4) is 5.75 Å². The molecule has 2 aromatic heterocycles. The van der Waals surface area contributed by atoms with Gasteiger partial charge in [-0.2, -0.15) is 0 Å². The SMILES string of the molecule is CC1CCCC(Oc2ccnc3cc(Br)cnc23)C1. The van der Waals surface area contributed by atoms with Gasteiger partial charge in [-0.25, -0.2) is 4.98 Å². The summed E-state index contributed by atoms with van der Waals surface area (Å²) in [7, 11) is 0. The monoisotopic (exact) mass is 320 g/mol. The molecule has 4 heteroatoms. The summed E-state index contributed by atoms with van der Waals surface area (Å²) in [6.07, 6.45) is 8.76. The fourth-order valence-electron chi connectivity index (χ4n) is 2.74. The van der Waals surface area contributed by atoms with Crippen LogP contribution < -0.4 is 4.74 Å². The highest BCUT2D eigenvalue weighted by atomic mass is 79.9. The van der Waals surface area contributed by atoms with Crippen molar-refractivity contribution in [2.45, 2.75) is 38.7 Å². The van der Waals surface area contributed by atoms with Crippen LogP contribution in [-0.2, 0) is 0 Å². The summed E-state index contributed by atoms with van der Waals surface area (Å²) in [5.41, 5.74) is 1.72. The van der Waals surface area contributed by atoms with E-state index in [1.807, 2.05) is 12.1 Å². The van der Waals surface area contributed by atoms with Gasteiger partial charge in [0.05, 0.1) is 11.6 Å². The molecule has 19 heavy (non-hydrogen) atoms. The normalized spacial score (nSPS) is 23.5. The average Bonchev–Trinajstić information content (AvgIpc) is 2.38. The fourth-order valence-corrected chi connectivity index (χ4v) is 3.06. The Bertz CT molecular complexity index is 587. The van der Waals surface area contributed by atoms with Crippen LogP contribution in [0.15, 0.2) is 29.0 Å². The molecule has 0 spiro atoms. The fraction of sp³-hybridized carbons (Fsp3) is 0.467. The van der Waals surface area contributed by atoms with Gasteiger partial charge in [0.1, 0.15) is 11.3 Å². The minimum atomic E-state index is 0.319. The Hall–Kier alpha value is -1.16. The van der Waals surface area contributed by atoms with Crippen LogP contribution in [0.1, 0.15) is 32.6 Å². The van der Waals surface area contributed by atoms with E-state index in [0.717, 1.165) is 40.0 Å². The Morgan fingerprint density at radius 2 is 2.21 bits per heavy atom. The number of hydrogen-bond donors (Lipinski definition) is 0. The topological polar surface area (TPSA) is 35.0 Å². The molecule has 0 radical (unpaired) electrons. The van der Waals surface area contributed by atoms with Crippen molar-refractivity contribution in [1.82, 2.24) is 9.97 Å². The molecule has 100 valence electrons. The molecule has 0 N–H and O–H groups in total. The molecule has 2 heterocycles. The maximum Gasteiger partial charge on any atom is 0.149 e. The molecule has 2 aromatic rings. The first-order valence-corrected chi connectivity index (χ1v) is 7.58. The number of pyridine rings is 2. The van der Waals surface area contributed by atoms with Crippen LogP contribution in [0, 0.1) is 5.92 Å². The highest BCUT2D eigenvalue weighted by Crippen LogP contribution is 2.30. The molecule has 2 atom stereocenters. The van der Waals surface area contributed by atoms with E-state index < -0.39 is 0 Å². The largest absolute Gasteiger partial charge is 0.488 e. The molecule has 0 aromatic carbocycles. The average molecular weight is 321 g/mol. The van der Waals surface area contributed by atoms with Gasteiger partial charge in [0.2, 0.25) is 0 Å². The summed E-state index contributed by atoms with van der Waals surface area (Å²) in [5.74, 6) is 1.62. The van der Waals surface area contributed by atoms with Gasteiger partial charge >= 0.3 is 0 Å². The lowest BCUT2D eigenvalue weighted by Crippen LogP contribution is -2.24. The maximum absolute atomic E-state index is 6.16. The summed E-state index contributed by atoms with van der Waals surface area (Å²) < 4.78 is 7.10. The van der Waals surface area contributed by atoms with Crippen molar-refractivity contribution in [3.63, 3.8) is 0 Å². The third-order valence-corrected chi connectivity index (χ3v) is 4.12. The zero-order valence-electron chi connectivity index (χ0n) is 11.0. The lowest BCUT2D eigenvalue weighted by atomic mass is 9.89. The number of halogens is 1. The summed E-state index contributed by atoms with van der Waals surface area (Å²) in [4.78, 5) is 8.77. The van der Waals surface area contributed by atoms with E-state index in [9.17, 15) is 0 Å². The predicted molar refractivity (Wildman–Crippen MR) is 79.3 cm³/mol. The van der Waals surface area contributed by atoms with E-state index >= 15 is 0 Å². The lowest BCUT2D eigenvalue weighted by molar-refractivity contribution is 0.130. The molecule has 0 amide bonds. The Labute approximate surface area is 121 Å². The van der Waals surface area contributed by atoms with Gasteiger partial charge in [0.15, 0.2) is 0 Å². The number of ether oxygens (including phenoxy) is 1. The molecular weight excluding hydrogens is 304 g/mol. The van der Waals surface area contributed by atoms with Crippen molar-refractivity contribution in [2.75, 3.05) is 0 Å². The Balaban J connectivity index is 1.88. The number of nitrogens with zero attached hydrogens (tertiary/aromatic N) is 2. The van der Waals surface area contributed by atoms with Crippen LogP contribution in [0.5, 0.6) is 5.75 Å². The van der Waals surface area contributed by atoms with E-state index in [-0.39, 0.29) is 0 Å². The second-order valence-electron chi connectivity index (χ2n) is 5.34. The first-order valence-electron chi connectivity index (χ1n) is 6.79. The Morgan fingerprint density at radius 3 is 3.05 bits per heavy atom. The minimum Gasteiger partial charge on any atom is -0.488 e. The highest BCUT2D eigenvalue weighted by Gasteiger charge is 2.21. The molecule has 1 aliphatic carbocycles. The molecule has 3 nitrogen and oxygen atoms in total. The quantitative estimate of drug-likeness (QED) is 0.825. The number of aromatic nitrogens is 2. The van der Waals surface area contributed by atoms with Gasteiger partial charge in [0, 0.05) is 22.9 Å². The van der Waals surface area contributed by atoms with E-state index in [1.165, 1.54) is 12.8 Å². The van der Waals surface area contributed by atoms with E-state index in [4.69, 9.17) is 4.74 Å². The van der Waals surface area contributed by atoms with Crippen LogP contribution in [0.4, 0.5) is 0 Å². The molecule has 3 rings (SSSR count). The lowest BCUT2D eigenvalue weighted by Gasteiger charge is -2.27. The van der Waals surface area contributed by atoms with Crippen molar-refractivity contribution in [3.05, 3.63) is 29.0 Å². The number of rotatable bonds is 2. The predicted octanol–water partition coefficient (Wildman–Crippen LogP) is 4.35. The highest BCUT2D eigenvalue weighted by molar-refractivity contribution is 9.10. The van der Waals surface area contributed by atoms with Crippen LogP contribution >= 0.6 is 15.9 Å². The van der Waals surface area contributed by atoms with Crippen LogP contribution in [0.25, 0.3) is 11.0 Å². The minimum absolute atomic E-state index is 0.319. The van der Waals surface area contributed by atoms with Gasteiger partial charge in [0.25, 0.3) is 0 Å². The Kier molecular flexibility index (Phi) is 3.69. The Morgan fingerprint density at radius 1 is 1.32 bits per heavy atom. The van der Waals surface area contributed by atoms with Gasteiger partial charge in [-0.1, -0.05) is 13.3 Å². The van der Waals surface area contributed by atoms with Crippen LogP contribution in [0.2, 0.25) is 0 Å². The summed E-state index contributed by atoms with van der Waals surface area (Å²) in [6.45, 7) is 2.30. The molecular formula is C15H17BrN2O. The van der Waals surface area contributed by atoms with Crippen molar-refractivity contribution < 1.29 is 4.74 Å². The van der Waals surface area contributed by atoms with Gasteiger partial charge in [-0.05, 0) is 47.2 Å². The van der Waals surface area contributed by atoms with Crippen LogP contribution in [0.3, 0.4) is 0 Å². The molecule has 0 bridgehead atoms. The molecule has 0 saturated heterocycles. The summed E-state index contributed by atoms with van der Waals surface area (Å²) in [6, 6.07) is 3.89. The summed E-state index contributed by atoms with van der Waals surface area (Å²) >= 11 is 3.42. The van der Waals surface area contributed by atoms with Gasteiger partial charge < -0.3 is 4.74 Å². The molecule has 1 aliphatic rings. The molecule has 1 fully saturated rings. The second-order valence-corrected chi connectivity index (χ2v) is 6.26. The zero-order valence-corrected chi connectivity index (χ0v) is 12.6. The maximum atomic E-state index is 6.16. The second kappa shape index (κ2) is 5.45. The molecule has 2 unspecified atom stereocenters. The van der Waals surface area contributed by atoms with E-state index in [1.54, 1.807) is 12.4 Å². The third-order valence-electron chi connectivity index (χ3n) is 3.69. The number of hydrogen-bond acceptors (Lipinski definition) is 3. The van der Waals surface area contributed by atoms with Crippen molar-refractivity contribution >= 4 is 27.0 Å². The van der Waals surface area contributed by atoms with Gasteiger partial charge in [-0.15, -0.1) is 0 Å². The van der Waals surface area contributed by atoms with Crippen molar-refractivity contribution in [2.24, 2.45) is 5.92 Å². The summed E-state index contributed by atoms with van der Waals surface area (Å²) in [5, 5.41) is 0. The first-order chi connectivity index (χ1) is 9.22. The zero-order chi connectivity index (χ0) is 13.2. The van der Waals surface area contributed by atoms with E-state index in [0.29, 0.717) is 6.10 Å². The first kappa shape index (κ1) is 12.9. The molecule has 1 saturated carbocycles. The van der Waals surface area contributed by atoms with E-state index in [2.05, 4.69) is 32.8 Å². The number of fused-ring (bicyclic) bond motifs is 1. The van der Waals surface area contributed by atoms with Gasteiger partial charge in [-0.3, -0.25) is 4.98 Å². The van der Waals surface area contributed by atoms with Crippen molar-refractivity contribution in [1.29, 1.82) is 0 Å².